The third-order valence-corrected chi connectivity index (χ3v) is 3.88. The largest absolute Gasteiger partial charge is 0.428 e. The number of hydrogen-bond donors (Lipinski definition) is 0. The second-order valence-electron chi connectivity index (χ2n) is 5.73. The van der Waals surface area contributed by atoms with Crippen LogP contribution in [0.15, 0.2) is 0 Å². The van der Waals surface area contributed by atoms with Crippen LogP contribution in [0, 0.1) is 0 Å². The van der Waals surface area contributed by atoms with Gasteiger partial charge in [0.2, 0.25) is 0 Å². The van der Waals surface area contributed by atoms with Gasteiger partial charge < -0.3 is 4.74 Å². The molecule has 1 nitrogen and oxygen atoms in total. The summed E-state index contributed by atoms with van der Waals surface area (Å²) >= 11 is 0. The lowest BCUT2D eigenvalue weighted by atomic mass is 9.85. The molecule has 0 heterocycles. The Morgan fingerprint density at radius 1 is 0.773 bits per heavy atom. The van der Waals surface area contributed by atoms with Crippen molar-refractivity contribution in [3.8, 4) is 0 Å². The lowest BCUT2D eigenvalue weighted by molar-refractivity contribution is -0.297. The van der Waals surface area contributed by atoms with Crippen molar-refractivity contribution in [3.63, 3.8) is 0 Å². The van der Waals surface area contributed by atoms with Crippen molar-refractivity contribution in [3.05, 3.63) is 0 Å². The van der Waals surface area contributed by atoms with Crippen molar-refractivity contribution in [2.24, 2.45) is 0 Å². The van der Waals surface area contributed by atoms with Crippen LogP contribution < -0.4 is 0 Å². The van der Waals surface area contributed by atoms with E-state index in [4.69, 9.17) is 0 Å². The summed E-state index contributed by atoms with van der Waals surface area (Å²) in [4.78, 5) is 0. The fraction of sp³-hybridized carbons (Fsp3) is 1.00. The molecule has 3 atom stereocenters. The Morgan fingerprint density at radius 3 is 1.50 bits per heavy atom. The van der Waals surface area contributed by atoms with Gasteiger partial charge in [-0.3, -0.25) is 0 Å². The lowest BCUT2D eigenvalue weighted by Crippen LogP contribution is -2.60. The molecule has 0 saturated carbocycles. The third-order valence-electron chi connectivity index (χ3n) is 3.88. The molecule has 0 bridgehead atoms. The van der Waals surface area contributed by atoms with E-state index in [-0.39, 0.29) is 6.42 Å². The first-order valence-electron chi connectivity index (χ1n) is 6.69. The highest BCUT2D eigenvalue weighted by Crippen LogP contribution is 2.47. The van der Waals surface area contributed by atoms with Gasteiger partial charge in [-0.15, -0.1) is 0 Å². The Kier molecular flexibility index (Phi) is 6.31. The highest BCUT2D eigenvalue weighted by molar-refractivity contribution is 5.03. The highest BCUT2D eigenvalue weighted by atomic mass is 19.4. The average Bonchev–Trinajstić information content (AvgIpc) is 2.32. The maximum Gasteiger partial charge on any atom is 0.428 e. The fourth-order valence-electron chi connectivity index (χ4n) is 1.78. The van der Waals surface area contributed by atoms with Crippen molar-refractivity contribution in [2.75, 3.05) is 6.61 Å². The van der Waals surface area contributed by atoms with Gasteiger partial charge in [-0.1, -0.05) is 13.8 Å². The Balaban J connectivity index is 5.37. The molecule has 22 heavy (non-hydrogen) atoms. The predicted molar refractivity (Wildman–Crippen MR) is 65.0 cm³/mol. The van der Waals surface area contributed by atoms with Crippen molar-refractivity contribution >= 4 is 0 Å². The summed E-state index contributed by atoms with van der Waals surface area (Å²) in [5.41, 5.74) is -9.78. The van der Waals surface area contributed by atoms with Gasteiger partial charge in [-0.25, -0.2) is 8.78 Å². The van der Waals surface area contributed by atoms with Gasteiger partial charge >= 0.3 is 12.4 Å². The van der Waals surface area contributed by atoms with Gasteiger partial charge in [-0.2, -0.15) is 26.3 Å². The molecule has 0 spiro atoms. The summed E-state index contributed by atoms with van der Waals surface area (Å²) < 4.78 is 109. The van der Waals surface area contributed by atoms with Gasteiger partial charge in [0.1, 0.15) is 0 Å². The SMILES string of the molecule is CCC(C)(CC(F)(F)F)OCC(F)(C(F)(F)F)C(C)(F)CC. The maximum absolute atomic E-state index is 14.3. The molecule has 0 saturated heterocycles. The summed E-state index contributed by atoms with van der Waals surface area (Å²) in [5, 5.41) is 0. The number of hydrogen-bond acceptors (Lipinski definition) is 1. The second kappa shape index (κ2) is 6.49. The predicted octanol–water partition coefficient (Wildman–Crippen LogP) is 5.53. The molecule has 0 rings (SSSR count). The molecule has 0 aliphatic rings. The topological polar surface area (TPSA) is 9.23 Å². The van der Waals surface area contributed by atoms with Crippen LogP contribution >= 0.6 is 0 Å². The Hall–Kier alpha value is -0.600. The molecule has 0 aliphatic carbocycles. The zero-order valence-electron chi connectivity index (χ0n) is 12.8. The van der Waals surface area contributed by atoms with E-state index in [0.717, 1.165) is 13.8 Å². The second-order valence-corrected chi connectivity index (χ2v) is 5.73. The fourth-order valence-corrected chi connectivity index (χ4v) is 1.78. The van der Waals surface area contributed by atoms with Crippen LogP contribution in [0.1, 0.15) is 47.0 Å². The van der Waals surface area contributed by atoms with E-state index in [9.17, 15) is 35.1 Å². The standard InChI is InChI=1S/C13H20F8O/c1-5-9(3,7-12(16,17)18)22-8-11(15,13(19,20)21)10(4,14)6-2/h5-8H2,1-4H3. The van der Waals surface area contributed by atoms with Crippen LogP contribution in [0.3, 0.4) is 0 Å². The Labute approximate surface area is 124 Å². The molecule has 134 valence electrons. The highest BCUT2D eigenvalue weighted by Gasteiger charge is 2.67. The van der Waals surface area contributed by atoms with Crippen LogP contribution in [0.25, 0.3) is 0 Å². The lowest BCUT2D eigenvalue weighted by Gasteiger charge is -2.40. The Bertz CT molecular complexity index is 362. The molecule has 0 fully saturated rings. The van der Waals surface area contributed by atoms with E-state index in [1.54, 1.807) is 0 Å². The van der Waals surface area contributed by atoms with Crippen LogP contribution in [-0.2, 0) is 4.74 Å². The van der Waals surface area contributed by atoms with Crippen LogP contribution in [0.5, 0.6) is 0 Å². The molecule has 0 aliphatic heterocycles. The first-order chi connectivity index (χ1) is 9.54. The molecule has 9 heteroatoms. The van der Waals surface area contributed by atoms with Crippen LogP contribution in [0.2, 0.25) is 0 Å². The first kappa shape index (κ1) is 21.4. The van der Waals surface area contributed by atoms with E-state index in [1.807, 2.05) is 0 Å². The molecule has 0 amide bonds. The normalized spacial score (nSPS) is 21.8. The minimum atomic E-state index is -5.61. The molecule has 0 aromatic carbocycles. The molecule has 0 aromatic rings. The summed E-state index contributed by atoms with van der Waals surface area (Å²) in [6, 6.07) is 0. The van der Waals surface area contributed by atoms with Crippen molar-refractivity contribution in [2.45, 2.75) is 76.2 Å². The molecular weight excluding hydrogens is 324 g/mol. The Morgan fingerprint density at radius 2 is 1.23 bits per heavy atom. The van der Waals surface area contributed by atoms with Crippen molar-refractivity contribution in [1.29, 1.82) is 0 Å². The van der Waals surface area contributed by atoms with Gasteiger partial charge in [-0.05, 0) is 26.7 Å². The number of rotatable bonds is 7. The van der Waals surface area contributed by atoms with E-state index < -0.39 is 48.7 Å². The molecule has 0 N–H and O–H groups in total. The number of ether oxygens (including phenoxy) is 1. The van der Waals surface area contributed by atoms with Gasteiger partial charge in [0, 0.05) is 0 Å². The van der Waals surface area contributed by atoms with Gasteiger partial charge in [0.05, 0.1) is 18.6 Å². The minimum Gasteiger partial charge on any atom is -0.371 e. The molecule has 0 aromatic heterocycles. The molecule has 3 unspecified atom stereocenters. The summed E-state index contributed by atoms with van der Waals surface area (Å²) in [7, 11) is 0. The minimum absolute atomic E-state index is 0.310. The molecule has 0 radical (unpaired) electrons. The zero-order valence-corrected chi connectivity index (χ0v) is 12.8. The smallest absolute Gasteiger partial charge is 0.371 e. The average molecular weight is 344 g/mol. The third kappa shape index (κ3) is 4.96. The van der Waals surface area contributed by atoms with Gasteiger partial charge in [0.15, 0.2) is 5.67 Å². The van der Waals surface area contributed by atoms with Crippen LogP contribution in [0.4, 0.5) is 35.1 Å². The van der Waals surface area contributed by atoms with Crippen molar-refractivity contribution < 1.29 is 39.9 Å². The summed E-state index contributed by atoms with van der Waals surface area (Å²) in [6.07, 6.45) is -13.0. The van der Waals surface area contributed by atoms with E-state index in [0.29, 0.717) is 6.92 Å². The summed E-state index contributed by atoms with van der Waals surface area (Å²) in [6.45, 7) is 1.76. The monoisotopic (exact) mass is 344 g/mol. The quantitative estimate of drug-likeness (QED) is 0.552. The van der Waals surface area contributed by atoms with E-state index in [1.165, 1.54) is 6.92 Å². The molecular formula is C13H20F8O. The van der Waals surface area contributed by atoms with Crippen LogP contribution in [-0.4, -0.2) is 35.9 Å². The summed E-state index contributed by atoms with van der Waals surface area (Å²) in [5.74, 6) is 0. The van der Waals surface area contributed by atoms with E-state index in [2.05, 4.69) is 4.74 Å². The van der Waals surface area contributed by atoms with Crippen molar-refractivity contribution in [1.82, 2.24) is 0 Å². The first-order valence-corrected chi connectivity index (χ1v) is 6.69. The maximum atomic E-state index is 14.3. The number of alkyl halides is 8. The number of halogens is 8. The van der Waals surface area contributed by atoms with E-state index >= 15 is 0 Å². The van der Waals surface area contributed by atoms with Gasteiger partial charge in [0.25, 0.3) is 5.67 Å². The zero-order chi connectivity index (χ0) is 18.0.